The number of aliphatic hydroxyl groups is 2. The normalized spacial score (nSPS) is 14.7. The van der Waals surface area contributed by atoms with Crippen molar-refractivity contribution >= 4 is 5.97 Å². The fourth-order valence-electron chi connectivity index (χ4n) is 1.39. The smallest absolute Gasteiger partial charge is 0.337 e. The first-order chi connectivity index (χ1) is 7.13. The van der Waals surface area contributed by atoms with Gasteiger partial charge in [0.1, 0.15) is 0 Å². The quantitative estimate of drug-likeness (QED) is 0.475. The molecule has 0 rings (SSSR count). The van der Waals surface area contributed by atoms with Gasteiger partial charge >= 0.3 is 5.97 Å². The van der Waals surface area contributed by atoms with Crippen molar-refractivity contribution in [1.82, 2.24) is 0 Å². The molecule has 0 aromatic rings. The number of methoxy groups -OCH3 is 1. The molecule has 0 saturated heterocycles. The molecule has 0 aromatic heterocycles. The summed E-state index contributed by atoms with van der Waals surface area (Å²) in [5.74, 6) is -0.768. The van der Waals surface area contributed by atoms with Crippen LogP contribution in [0.2, 0.25) is 0 Å². The predicted octanol–water partition coefficient (Wildman–Crippen LogP) is 1.24. The van der Waals surface area contributed by atoms with Crippen molar-refractivity contribution in [2.45, 2.75) is 57.7 Å². The van der Waals surface area contributed by atoms with E-state index in [4.69, 9.17) is 0 Å². The standard InChI is InChI=1S/C11H22O4/c1-3-4-5-6-7-8-9(12)10(13)11(14)15-2/h9-10,12-13H,3-8H2,1-2H3/t9-,10+/m0/s1. The third kappa shape index (κ3) is 6.47. The third-order valence-corrected chi connectivity index (χ3v) is 2.41. The molecule has 0 unspecified atom stereocenters. The first kappa shape index (κ1) is 14.4. The number of hydrogen-bond donors (Lipinski definition) is 2. The topological polar surface area (TPSA) is 66.8 Å². The highest BCUT2D eigenvalue weighted by molar-refractivity contribution is 5.74. The second-order valence-electron chi connectivity index (χ2n) is 3.74. The Kier molecular flexibility index (Phi) is 8.33. The van der Waals surface area contributed by atoms with Crippen molar-refractivity contribution in [2.75, 3.05) is 7.11 Å². The van der Waals surface area contributed by atoms with Crippen molar-refractivity contribution in [1.29, 1.82) is 0 Å². The maximum Gasteiger partial charge on any atom is 0.337 e. The van der Waals surface area contributed by atoms with Crippen LogP contribution in [-0.2, 0) is 9.53 Å². The Bertz CT molecular complexity index is 170. The molecule has 0 radical (unpaired) electrons. The Hall–Kier alpha value is -0.610. The Morgan fingerprint density at radius 3 is 2.33 bits per heavy atom. The SMILES string of the molecule is CCCCCCC[C@H](O)[C@@H](O)C(=O)OC. The van der Waals surface area contributed by atoms with Gasteiger partial charge in [-0.05, 0) is 6.42 Å². The number of hydrogen-bond acceptors (Lipinski definition) is 4. The van der Waals surface area contributed by atoms with Crippen molar-refractivity contribution < 1.29 is 19.7 Å². The maximum atomic E-state index is 10.9. The zero-order chi connectivity index (χ0) is 11.7. The van der Waals surface area contributed by atoms with E-state index in [0.717, 1.165) is 19.3 Å². The Labute approximate surface area is 91.3 Å². The Balaban J connectivity index is 3.55. The highest BCUT2D eigenvalue weighted by Gasteiger charge is 2.24. The molecule has 0 spiro atoms. The van der Waals surface area contributed by atoms with Crippen molar-refractivity contribution in [3.05, 3.63) is 0 Å². The highest BCUT2D eigenvalue weighted by atomic mass is 16.5. The summed E-state index contributed by atoms with van der Waals surface area (Å²) in [4.78, 5) is 10.9. The van der Waals surface area contributed by atoms with Crippen molar-refractivity contribution in [2.24, 2.45) is 0 Å². The number of carbonyl (C=O) groups excluding carboxylic acids is 1. The second-order valence-corrected chi connectivity index (χ2v) is 3.74. The van der Waals surface area contributed by atoms with Gasteiger partial charge in [0.15, 0.2) is 6.10 Å². The molecule has 2 N–H and O–H groups in total. The third-order valence-electron chi connectivity index (χ3n) is 2.41. The van der Waals surface area contributed by atoms with Gasteiger partial charge in [-0.2, -0.15) is 0 Å². The number of ether oxygens (including phenoxy) is 1. The summed E-state index contributed by atoms with van der Waals surface area (Å²) in [6, 6.07) is 0. The summed E-state index contributed by atoms with van der Waals surface area (Å²) >= 11 is 0. The minimum absolute atomic E-state index is 0.444. The summed E-state index contributed by atoms with van der Waals surface area (Å²) < 4.78 is 4.33. The van der Waals surface area contributed by atoms with E-state index in [0.29, 0.717) is 6.42 Å². The molecule has 0 aliphatic heterocycles. The van der Waals surface area contributed by atoms with Gasteiger partial charge in [0.25, 0.3) is 0 Å². The number of rotatable bonds is 8. The van der Waals surface area contributed by atoms with Crippen LogP contribution in [0, 0.1) is 0 Å². The summed E-state index contributed by atoms with van der Waals surface area (Å²) in [5, 5.41) is 18.7. The molecule has 0 heterocycles. The molecule has 0 saturated carbocycles. The molecule has 2 atom stereocenters. The van der Waals surface area contributed by atoms with Gasteiger partial charge in [-0.1, -0.05) is 39.0 Å². The van der Waals surface area contributed by atoms with Gasteiger partial charge < -0.3 is 14.9 Å². The summed E-state index contributed by atoms with van der Waals surface area (Å²) in [7, 11) is 1.19. The van der Waals surface area contributed by atoms with Crippen LogP contribution in [0.15, 0.2) is 0 Å². The fourth-order valence-corrected chi connectivity index (χ4v) is 1.39. The summed E-state index contributed by atoms with van der Waals surface area (Å²) in [5.41, 5.74) is 0. The summed E-state index contributed by atoms with van der Waals surface area (Å²) in [6.45, 7) is 2.13. The molecule has 0 aliphatic rings. The van der Waals surface area contributed by atoms with Crippen LogP contribution in [-0.4, -0.2) is 35.5 Å². The van der Waals surface area contributed by atoms with Crippen LogP contribution < -0.4 is 0 Å². The molecule has 0 amide bonds. The van der Waals surface area contributed by atoms with Crippen LogP contribution >= 0.6 is 0 Å². The molecule has 0 fully saturated rings. The average molecular weight is 218 g/mol. The van der Waals surface area contributed by atoms with Gasteiger partial charge in [0.2, 0.25) is 0 Å². The Morgan fingerprint density at radius 1 is 1.20 bits per heavy atom. The lowest BCUT2D eigenvalue weighted by Gasteiger charge is -2.15. The first-order valence-electron chi connectivity index (χ1n) is 5.57. The fraction of sp³-hybridized carbons (Fsp3) is 0.909. The zero-order valence-corrected chi connectivity index (χ0v) is 9.61. The van der Waals surface area contributed by atoms with Crippen molar-refractivity contribution in [3.63, 3.8) is 0 Å². The number of unbranched alkanes of at least 4 members (excludes halogenated alkanes) is 4. The first-order valence-corrected chi connectivity index (χ1v) is 5.57. The van der Waals surface area contributed by atoms with E-state index < -0.39 is 18.2 Å². The van der Waals surface area contributed by atoms with Gasteiger partial charge in [-0.3, -0.25) is 0 Å². The molecule has 90 valence electrons. The maximum absolute atomic E-state index is 10.9. The zero-order valence-electron chi connectivity index (χ0n) is 9.61. The molecule has 15 heavy (non-hydrogen) atoms. The monoisotopic (exact) mass is 218 g/mol. The van der Waals surface area contributed by atoms with Crippen LogP contribution in [0.3, 0.4) is 0 Å². The lowest BCUT2D eigenvalue weighted by atomic mass is 10.0. The molecular weight excluding hydrogens is 196 g/mol. The van der Waals surface area contributed by atoms with E-state index in [1.165, 1.54) is 20.0 Å². The van der Waals surface area contributed by atoms with Crippen molar-refractivity contribution in [3.8, 4) is 0 Å². The molecule has 0 aromatic carbocycles. The summed E-state index contributed by atoms with van der Waals surface area (Å²) in [6.07, 6.45) is 3.40. The molecular formula is C11H22O4. The van der Waals surface area contributed by atoms with E-state index in [9.17, 15) is 15.0 Å². The molecule has 0 bridgehead atoms. The van der Waals surface area contributed by atoms with Crippen LogP contribution in [0.4, 0.5) is 0 Å². The highest BCUT2D eigenvalue weighted by Crippen LogP contribution is 2.10. The van der Waals surface area contributed by atoms with Gasteiger partial charge in [0.05, 0.1) is 13.2 Å². The minimum atomic E-state index is -1.40. The van der Waals surface area contributed by atoms with Crippen LogP contribution in [0.1, 0.15) is 45.4 Å². The number of carbonyl (C=O) groups is 1. The van der Waals surface area contributed by atoms with E-state index >= 15 is 0 Å². The lowest BCUT2D eigenvalue weighted by molar-refractivity contribution is -0.156. The number of aliphatic hydroxyl groups excluding tert-OH is 2. The van der Waals surface area contributed by atoms with E-state index in [1.807, 2.05) is 0 Å². The van der Waals surface area contributed by atoms with Gasteiger partial charge in [-0.15, -0.1) is 0 Å². The molecule has 0 aliphatic carbocycles. The van der Waals surface area contributed by atoms with Gasteiger partial charge in [0, 0.05) is 0 Å². The van der Waals surface area contributed by atoms with Gasteiger partial charge in [-0.25, -0.2) is 4.79 Å². The lowest BCUT2D eigenvalue weighted by Crippen LogP contribution is -2.34. The average Bonchev–Trinajstić information content (AvgIpc) is 2.26. The minimum Gasteiger partial charge on any atom is -0.467 e. The second kappa shape index (κ2) is 8.68. The van der Waals surface area contributed by atoms with E-state index in [-0.39, 0.29) is 0 Å². The van der Waals surface area contributed by atoms with E-state index in [1.54, 1.807) is 0 Å². The predicted molar refractivity (Wildman–Crippen MR) is 57.4 cm³/mol. The van der Waals surface area contributed by atoms with E-state index in [2.05, 4.69) is 11.7 Å². The van der Waals surface area contributed by atoms with Crippen LogP contribution in [0.5, 0.6) is 0 Å². The Morgan fingerprint density at radius 2 is 1.80 bits per heavy atom. The van der Waals surface area contributed by atoms with Crippen LogP contribution in [0.25, 0.3) is 0 Å². The molecule has 4 nitrogen and oxygen atoms in total. The number of esters is 1. The molecule has 4 heteroatoms. The largest absolute Gasteiger partial charge is 0.467 e.